The van der Waals surface area contributed by atoms with Crippen molar-refractivity contribution in [3.05, 3.63) is 57.0 Å². The highest BCUT2D eigenvalue weighted by molar-refractivity contribution is 9.10. The maximum Gasteiger partial charge on any atom is 0.200 e. The zero-order valence-electron chi connectivity index (χ0n) is 10.0. The van der Waals surface area contributed by atoms with Crippen LogP contribution in [0, 0.1) is 4.77 Å². The molecule has 0 spiro atoms. The van der Waals surface area contributed by atoms with Crippen molar-refractivity contribution in [2.45, 2.75) is 0 Å². The van der Waals surface area contributed by atoms with Gasteiger partial charge in [-0.3, -0.25) is 14.6 Å². The largest absolute Gasteiger partial charge is 0.268 e. The molecule has 0 saturated carbocycles. The van der Waals surface area contributed by atoms with E-state index in [-0.39, 0.29) is 0 Å². The maximum atomic E-state index is 5.92. The predicted molar refractivity (Wildman–Crippen MR) is 84.7 cm³/mol. The first kappa shape index (κ1) is 13.5. The van der Waals surface area contributed by atoms with Crippen molar-refractivity contribution >= 4 is 39.7 Å². The number of rotatable bonds is 2. The summed E-state index contributed by atoms with van der Waals surface area (Å²) in [5.74, 6) is 0.700. The van der Waals surface area contributed by atoms with Crippen LogP contribution >= 0.6 is 39.7 Å². The SMILES string of the molecule is S=c1[nH]nc(-c2cncc(Br)c2)n1-c1ccc(Cl)cc1. The number of pyridine rings is 1. The average Bonchev–Trinajstić information content (AvgIpc) is 2.82. The average molecular weight is 368 g/mol. The first-order chi connectivity index (χ1) is 9.65. The van der Waals surface area contributed by atoms with Gasteiger partial charge in [0.1, 0.15) is 0 Å². The molecule has 3 rings (SSSR count). The van der Waals surface area contributed by atoms with Crippen molar-refractivity contribution in [1.82, 2.24) is 19.7 Å². The number of hydrogen-bond acceptors (Lipinski definition) is 3. The van der Waals surface area contributed by atoms with Crippen LogP contribution in [0.5, 0.6) is 0 Å². The third-order valence-corrected chi connectivity index (χ3v) is 3.68. The highest BCUT2D eigenvalue weighted by Crippen LogP contribution is 2.24. The minimum Gasteiger partial charge on any atom is -0.268 e. The third-order valence-electron chi connectivity index (χ3n) is 2.72. The molecule has 0 unspecified atom stereocenters. The standard InChI is InChI=1S/C13H8BrClN4S/c14-9-5-8(6-16-7-9)12-17-18-13(20)19(12)11-3-1-10(15)2-4-11/h1-7H,(H,18,20). The fourth-order valence-electron chi connectivity index (χ4n) is 1.85. The monoisotopic (exact) mass is 366 g/mol. The highest BCUT2D eigenvalue weighted by atomic mass is 79.9. The molecule has 0 radical (unpaired) electrons. The van der Waals surface area contributed by atoms with E-state index in [1.165, 1.54) is 0 Å². The summed E-state index contributed by atoms with van der Waals surface area (Å²) >= 11 is 14.6. The van der Waals surface area contributed by atoms with Crippen molar-refractivity contribution in [1.29, 1.82) is 0 Å². The summed E-state index contributed by atoms with van der Waals surface area (Å²) in [5, 5.41) is 7.76. The zero-order chi connectivity index (χ0) is 14.1. The number of nitrogens with one attached hydrogen (secondary N) is 1. The minimum absolute atomic E-state index is 0.516. The smallest absolute Gasteiger partial charge is 0.200 e. The molecule has 2 heterocycles. The van der Waals surface area contributed by atoms with Gasteiger partial charge in [0.25, 0.3) is 0 Å². The van der Waals surface area contributed by atoms with Crippen LogP contribution in [0.2, 0.25) is 5.02 Å². The molecule has 1 aromatic carbocycles. The van der Waals surface area contributed by atoms with Gasteiger partial charge in [-0.2, -0.15) is 5.10 Å². The van der Waals surface area contributed by atoms with Gasteiger partial charge in [-0.25, -0.2) is 0 Å². The summed E-state index contributed by atoms with van der Waals surface area (Å²) in [6.45, 7) is 0. The number of aromatic nitrogens is 4. The molecule has 0 amide bonds. The normalized spacial score (nSPS) is 10.7. The molecule has 7 heteroatoms. The van der Waals surface area contributed by atoms with Gasteiger partial charge in [0, 0.05) is 27.5 Å². The van der Waals surface area contributed by atoms with E-state index in [4.69, 9.17) is 23.8 Å². The Hall–Kier alpha value is -1.50. The van der Waals surface area contributed by atoms with Gasteiger partial charge in [-0.05, 0) is 58.5 Å². The van der Waals surface area contributed by atoms with E-state index in [0.717, 1.165) is 15.7 Å². The van der Waals surface area contributed by atoms with Gasteiger partial charge in [-0.1, -0.05) is 11.6 Å². The minimum atomic E-state index is 0.516. The summed E-state index contributed by atoms with van der Waals surface area (Å²) in [5.41, 5.74) is 1.75. The number of H-pyrrole nitrogens is 1. The Morgan fingerprint density at radius 2 is 1.95 bits per heavy atom. The molecular weight excluding hydrogens is 360 g/mol. The summed E-state index contributed by atoms with van der Waals surface area (Å²) in [6.07, 6.45) is 3.46. The van der Waals surface area contributed by atoms with E-state index >= 15 is 0 Å². The first-order valence-corrected chi connectivity index (χ1v) is 7.27. The molecule has 0 aliphatic rings. The second-order valence-electron chi connectivity index (χ2n) is 4.06. The van der Waals surface area contributed by atoms with Crippen LogP contribution in [0.15, 0.2) is 47.2 Å². The Bertz CT molecular complexity index is 810. The highest BCUT2D eigenvalue weighted by Gasteiger charge is 2.11. The van der Waals surface area contributed by atoms with E-state index in [9.17, 15) is 0 Å². The quantitative estimate of drug-likeness (QED) is 0.683. The van der Waals surface area contributed by atoms with Crippen LogP contribution in [0.25, 0.3) is 17.1 Å². The number of aromatic amines is 1. The Morgan fingerprint density at radius 1 is 1.20 bits per heavy atom. The van der Waals surface area contributed by atoms with Crippen molar-refractivity contribution in [3.63, 3.8) is 0 Å². The van der Waals surface area contributed by atoms with E-state index in [0.29, 0.717) is 15.6 Å². The van der Waals surface area contributed by atoms with Crippen LogP contribution in [0.1, 0.15) is 0 Å². The fourth-order valence-corrected chi connectivity index (χ4v) is 2.58. The van der Waals surface area contributed by atoms with Crippen molar-refractivity contribution in [3.8, 4) is 17.1 Å². The molecule has 0 aliphatic heterocycles. The molecule has 100 valence electrons. The molecule has 0 aliphatic carbocycles. The van der Waals surface area contributed by atoms with Gasteiger partial charge in [0.15, 0.2) is 10.6 Å². The van der Waals surface area contributed by atoms with Crippen LogP contribution < -0.4 is 0 Å². The molecule has 0 saturated heterocycles. The molecule has 20 heavy (non-hydrogen) atoms. The molecule has 1 N–H and O–H groups in total. The Balaban J connectivity index is 2.20. The zero-order valence-corrected chi connectivity index (χ0v) is 13.2. The second-order valence-corrected chi connectivity index (χ2v) is 5.79. The summed E-state index contributed by atoms with van der Waals surface area (Å²) < 4.78 is 3.24. The van der Waals surface area contributed by atoms with Gasteiger partial charge in [0.05, 0.1) is 5.69 Å². The topological polar surface area (TPSA) is 46.5 Å². The molecule has 0 atom stereocenters. The summed E-state index contributed by atoms with van der Waals surface area (Å²) in [6, 6.07) is 9.35. The van der Waals surface area contributed by atoms with E-state index in [1.807, 2.05) is 34.9 Å². The predicted octanol–water partition coefficient (Wildman–Crippen LogP) is 4.41. The molecule has 0 fully saturated rings. The number of halogens is 2. The second kappa shape index (κ2) is 5.47. The van der Waals surface area contributed by atoms with Crippen molar-refractivity contribution in [2.75, 3.05) is 0 Å². The molecular formula is C13H8BrClN4S. The van der Waals surface area contributed by atoms with Crippen LogP contribution in [0.3, 0.4) is 0 Å². The summed E-state index contributed by atoms with van der Waals surface area (Å²) in [4.78, 5) is 4.15. The van der Waals surface area contributed by atoms with Crippen molar-refractivity contribution in [2.24, 2.45) is 0 Å². The number of nitrogens with zero attached hydrogens (tertiary/aromatic N) is 3. The Kier molecular flexibility index (Phi) is 3.69. The summed E-state index contributed by atoms with van der Waals surface area (Å²) in [7, 11) is 0. The van der Waals surface area contributed by atoms with Crippen LogP contribution in [-0.4, -0.2) is 19.7 Å². The molecule has 0 bridgehead atoms. The molecule has 2 aromatic heterocycles. The van der Waals surface area contributed by atoms with Gasteiger partial charge < -0.3 is 0 Å². The maximum absolute atomic E-state index is 5.92. The molecule has 4 nitrogen and oxygen atoms in total. The number of benzene rings is 1. The lowest BCUT2D eigenvalue weighted by Gasteiger charge is -2.07. The van der Waals surface area contributed by atoms with Crippen molar-refractivity contribution < 1.29 is 0 Å². The third kappa shape index (κ3) is 2.54. The van der Waals surface area contributed by atoms with Crippen LogP contribution in [-0.2, 0) is 0 Å². The van der Waals surface area contributed by atoms with Crippen LogP contribution in [0.4, 0.5) is 0 Å². The van der Waals surface area contributed by atoms with E-state index < -0.39 is 0 Å². The van der Waals surface area contributed by atoms with E-state index in [1.54, 1.807) is 12.4 Å². The lowest BCUT2D eigenvalue weighted by Crippen LogP contribution is -1.97. The van der Waals surface area contributed by atoms with E-state index in [2.05, 4.69) is 31.1 Å². The van der Waals surface area contributed by atoms with Gasteiger partial charge in [-0.15, -0.1) is 0 Å². The van der Waals surface area contributed by atoms with Gasteiger partial charge >= 0.3 is 0 Å². The van der Waals surface area contributed by atoms with Gasteiger partial charge in [0.2, 0.25) is 0 Å². The lowest BCUT2D eigenvalue weighted by molar-refractivity contribution is 1.03. The first-order valence-electron chi connectivity index (χ1n) is 5.69. The molecule has 3 aromatic rings. The fraction of sp³-hybridized carbons (Fsp3) is 0. The lowest BCUT2D eigenvalue weighted by atomic mass is 10.2. The Morgan fingerprint density at radius 3 is 2.65 bits per heavy atom. The Labute approximate surface area is 133 Å². The number of hydrogen-bond donors (Lipinski definition) is 1.